The lowest BCUT2D eigenvalue weighted by Gasteiger charge is -2.18. The van der Waals surface area contributed by atoms with Gasteiger partial charge in [0.05, 0.1) is 12.6 Å². The Hall–Kier alpha value is -1.55. The smallest absolute Gasteiger partial charge is 0.305 e. The van der Waals surface area contributed by atoms with E-state index < -0.39 is 0 Å². The molecule has 5 heteroatoms. The fourth-order valence-electron chi connectivity index (χ4n) is 1.76. The van der Waals surface area contributed by atoms with E-state index in [0.29, 0.717) is 18.1 Å². The van der Waals surface area contributed by atoms with Gasteiger partial charge in [0, 0.05) is 18.4 Å². The van der Waals surface area contributed by atoms with Crippen molar-refractivity contribution in [1.82, 2.24) is 5.32 Å². The standard InChI is InChI=1S/C14H18ClNO3/c1-3-19-14(18)9-8-13(16-10(2)17)11-4-6-12(15)7-5-11/h4-7,13H,3,8-9H2,1-2H3,(H,16,17)/t13-/m1/s1. The van der Waals surface area contributed by atoms with Gasteiger partial charge in [-0.15, -0.1) is 0 Å². The highest BCUT2D eigenvalue weighted by molar-refractivity contribution is 6.30. The maximum atomic E-state index is 11.4. The van der Waals surface area contributed by atoms with Crippen LogP contribution in [-0.4, -0.2) is 18.5 Å². The number of hydrogen-bond donors (Lipinski definition) is 1. The van der Waals surface area contributed by atoms with E-state index in [1.54, 1.807) is 19.1 Å². The molecule has 0 spiro atoms. The zero-order chi connectivity index (χ0) is 14.3. The molecule has 0 unspecified atom stereocenters. The lowest BCUT2D eigenvalue weighted by atomic mass is 10.0. The van der Waals surface area contributed by atoms with Crippen LogP contribution in [0.25, 0.3) is 0 Å². The average Bonchev–Trinajstić information content (AvgIpc) is 2.35. The Morgan fingerprint density at radius 2 is 1.95 bits per heavy atom. The molecule has 0 aliphatic heterocycles. The van der Waals surface area contributed by atoms with Crippen LogP contribution in [0.5, 0.6) is 0 Å². The highest BCUT2D eigenvalue weighted by Gasteiger charge is 2.15. The largest absolute Gasteiger partial charge is 0.466 e. The van der Waals surface area contributed by atoms with Gasteiger partial charge >= 0.3 is 5.97 Å². The normalized spacial score (nSPS) is 11.7. The van der Waals surface area contributed by atoms with Crippen LogP contribution >= 0.6 is 11.6 Å². The maximum Gasteiger partial charge on any atom is 0.305 e. The summed E-state index contributed by atoms with van der Waals surface area (Å²) in [5, 5.41) is 3.46. The monoisotopic (exact) mass is 283 g/mol. The second-order valence-corrected chi connectivity index (χ2v) is 4.58. The number of benzene rings is 1. The molecule has 0 radical (unpaired) electrons. The second-order valence-electron chi connectivity index (χ2n) is 4.15. The fraction of sp³-hybridized carbons (Fsp3) is 0.429. The Kier molecular flexibility index (Phi) is 6.36. The zero-order valence-electron chi connectivity index (χ0n) is 11.1. The molecule has 19 heavy (non-hydrogen) atoms. The predicted molar refractivity (Wildman–Crippen MR) is 73.9 cm³/mol. The minimum absolute atomic E-state index is 0.135. The molecule has 1 aromatic rings. The number of ether oxygens (including phenoxy) is 1. The quantitative estimate of drug-likeness (QED) is 0.817. The molecule has 0 saturated heterocycles. The molecule has 0 aliphatic rings. The first-order chi connectivity index (χ1) is 9.02. The second kappa shape index (κ2) is 7.79. The average molecular weight is 284 g/mol. The minimum atomic E-state index is -0.258. The summed E-state index contributed by atoms with van der Waals surface area (Å²) in [4.78, 5) is 22.6. The van der Waals surface area contributed by atoms with Gasteiger partial charge in [0.15, 0.2) is 0 Å². The van der Waals surface area contributed by atoms with Crippen LogP contribution in [0.4, 0.5) is 0 Å². The molecule has 1 amide bonds. The van der Waals surface area contributed by atoms with Gasteiger partial charge in [-0.3, -0.25) is 9.59 Å². The summed E-state index contributed by atoms with van der Waals surface area (Å²) in [5.74, 6) is -0.393. The molecule has 0 fully saturated rings. The molecule has 0 heterocycles. The van der Waals surface area contributed by atoms with E-state index in [0.717, 1.165) is 5.56 Å². The summed E-state index contributed by atoms with van der Waals surface area (Å²) in [6, 6.07) is 6.99. The van der Waals surface area contributed by atoms with Gasteiger partial charge in [0.2, 0.25) is 5.91 Å². The van der Waals surface area contributed by atoms with E-state index >= 15 is 0 Å². The highest BCUT2D eigenvalue weighted by atomic mass is 35.5. The van der Waals surface area contributed by atoms with E-state index in [9.17, 15) is 9.59 Å². The van der Waals surface area contributed by atoms with Gasteiger partial charge in [-0.05, 0) is 31.0 Å². The van der Waals surface area contributed by atoms with Crippen LogP contribution in [0.15, 0.2) is 24.3 Å². The topological polar surface area (TPSA) is 55.4 Å². The summed E-state index contributed by atoms with van der Waals surface area (Å²) in [6.07, 6.45) is 0.765. The molecule has 0 saturated carbocycles. The molecule has 4 nitrogen and oxygen atoms in total. The summed E-state index contributed by atoms with van der Waals surface area (Å²) in [6.45, 7) is 3.58. The Balaban J connectivity index is 2.69. The van der Waals surface area contributed by atoms with Crippen molar-refractivity contribution in [2.24, 2.45) is 0 Å². The number of rotatable bonds is 6. The predicted octanol–water partition coefficient (Wildman–Crippen LogP) is 2.86. The van der Waals surface area contributed by atoms with Crippen molar-refractivity contribution in [3.8, 4) is 0 Å². The first-order valence-corrected chi connectivity index (χ1v) is 6.59. The Bertz CT molecular complexity index is 431. The molecule has 0 aliphatic carbocycles. The minimum Gasteiger partial charge on any atom is -0.466 e. The highest BCUT2D eigenvalue weighted by Crippen LogP contribution is 2.21. The molecule has 0 aromatic heterocycles. The van der Waals surface area contributed by atoms with E-state index in [1.807, 2.05) is 12.1 Å². The van der Waals surface area contributed by atoms with Gasteiger partial charge < -0.3 is 10.1 Å². The number of hydrogen-bond acceptors (Lipinski definition) is 3. The van der Waals surface area contributed by atoms with E-state index in [1.165, 1.54) is 6.92 Å². The van der Waals surface area contributed by atoms with Crippen LogP contribution in [0, 0.1) is 0 Å². The fourth-order valence-corrected chi connectivity index (χ4v) is 1.88. The summed E-state index contributed by atoms with van der Waals surface area (Å²) in [7, 11) is 0. The van der Waals surface area contributed by atoms with E-state index in [4.69, 9.17) is 16.3 Å². The van der Waals surface area contributed by atoms with Crippen LogP contribution in [-0.2, 0) is 14.3 Å². The number of nitrogens with one attached hydrogen (secondary N) is 1. The SMILES string of the molecule is CCOC(=O)CC[C@@H](NC(C)=O)c1ccc(Cl)cc1. The van der Waals surface area contributed by atoms with Crippen molar-refractivity contribution < 1.29 is 14.3 Å². The Morgan fingerprint density at radius 1 is 1.32 bits per heavy atom. The zero-order valence-corrected chi connectivity index (χ0v) is 11.9. The van der Waals surface area contributed by atoms with Gasteiger partial charge in [-0.25, -0.2) is 0 Å². The number of carbonyl (C=O) groups is 2. The number of halogens is 1. The van der Waals surface area contributed by atoms with Crippen molar-refractivity contribution in [3.05, 3.63) is 34.9 Å². The molecule has 1 N–H and O–H groups in total. The third-order valence-corrected chi connectivity index (χ3v) is 2.84. The van der Waals surface area contributed by atoms with E-state index in [2.05, 4.69) is 5.32 Å². The van der Waals surface area contributed by atoms with Crippen molar-refractivity contribution in [3.63, 3.8) is 0 Å². The summed E-state index contributed by atoms with van der Waals surface area (Å²) >= 11 is 5.83. The van der Waals surface area contributed by atoms with Crippen LogP contribution in [0.3, 0.4) is 0 Å². The molecule has 1 aromatic carbocycles. The molecular weight excluding hydrogens is 266 g/mol. The van der Waals surface area contributed by atoms with Crippen molar-refractivity contribution >= 4 is 23.5 Å². The maximum absolute atomic E-state index is 11.4. The lowest BCUT2D eigenvalue weighted by molar-refractivity contribution is -0.143. The number of amides is 1. The molecular formula is C14H18ClNO3. The lowest BCUT2D eigenvalue weighted by Crippen LogP contribution is -2.26. The van der Waals surface area contributed by atoms with Gasteiger partial charge in [-0.1, -0.05) is 23.7 Å². The first kappa shape index (κ1) is 15.5. The van der Waals surface area contributed by atoms with Gasteiger partial charge in [0.1, 0.15) is 0 Å². The molecule has 1 atom stereocenters. The summed E-state index contributed by atoms with van der Waals surface area (Å²) in [5.41, 5.74) is 0.920. The molecule has 104 valence electrons. The molecule has 1 rings (SSSR count). The molecule has 0 bridgehead atoms. The Morgan fingerprint density at radius 3 is 2.47 bits per heavy atom. The third-order valence-electron chi connectivity index (χ3n) is 2.59. The van der Waals surface area contributed by atoms with Crippen molar-refractivity contribution in [2.45, 2.75) is 32.7 Å². The van der Waals surface area contributed by atoms with Crippen LogP contribution in [0.1, 0.15) is 38.3 Å². The van der Waals surface area contributed by atoms with Crippen LogP contribution in [0.2, 0.25) is 5.02 Å². The van der Waals surface area contributed by atoms with Crippen molar-refractivity contribution in [2.75, 3.05) is 6.61 Å². The Labute approximate surface area is 118 Å². The third kappa shape index (κ3) is 5.75. The first-order valence-electron chi connectivity index (χ1n) is 6.21. The number of esters is 1. The van der Waals surface area contributed by atoms with Crippen molar-refractivity contribution in [1.29, 1.82) is 0 Å². The van der Waals surface area contributed by atoms with Gasteiger partial charge in [0.25, 0.3) is 0 Å². The summed E-state index contributed by atoms with van der Waals surface area (Å²) < 4.78 is 4.88. The van der Waals surface area contributed by atoms with E-state index in [-0.39, 0.29) is 24.3 Å². The van der Waals surface area contributed by atoms with Crippen LogP contribution < -0.4 is 5.32 Å². The van der Waals surface area contributed by atoms with Gasteiger partial charge in [-0.2, -0.15) is 0 Å². The number of carbonyl (C=O) groups excluding carboxylic acids is 2.